The normalized spacial score (nSPS) is 13.7. The molecule has 1 N–H and O–H groups in total. The van der Waals surface area contributed by atoms with E-state index in [0.717, 1.165) is 57.8 Å². The van der Waals surface area contributed by atoms with Gasteiger partial charge in [-0.1, -0.05) is 116 Å². The van der Waals surface area contributed by atoms with Crippen molar-refractivity contribution in [2.45, 2.75) is 154 Å². The van der Waals surface area contributed by atoms with E-state index in [0.29, 0.717) is 12.8 Å². The van der Waals surface area contributed by atoms with Crippen LogP contribution in [0.5, 0.6) is 0 Å². The second-order valence-corrected chi connectivity index (χ2v) is 10.6. The predicted molar refractivity (Wildman–Crippen MR) is 123 cm³/mol. The molecule has 0 fully saturated rings. The Morgan fingerprint density at radius 2 is 0.933 bits per heavy atom. The van der Waals surface area contributed by atoms with Crippen molar-refractivity contribution in [1.29, 1.82) is 0 Å². The van der Waals surface area contributed by atoms with Crippen LogP contribution < -0.4 is 29.6 Å². The molecular weight excluding hydrogens is 407 g/mol. The van der Waals surface area contributed by atoms with Crippen LogP contribution in [0.2, 0.25) is 0 Å². The Bertz CT molecular complexity index is 440. The summed E-state index contributed by atoms with van der Waals surface area (Å²) in [5, 5.41) is 8.55. The number of hydrogen-bond donors (Lipinski definition) is 1. The molecule has 30 heavy (non-hydrogen) atoms. The Morgan fingerprint density at radius 3 is 1.23 bits per heavy atom. The molecule has 6 heteroatoms. The van der Waals surface area contributed by atoms with Gasteiger partial charge in [0, 0.05) is 5.25 Å². The van der Waals surface area contributed by atoms with E-state index in [1.54, 1.807) is 0 Å². The Morgan fingerprint density at radius 1 is 0.633 bits per heavy atom. The van der Waals surface area contributed by atoms with Gasteiger partial charge in [0.1, 0.15) is 0 Å². The molecule has 0 aliphatic rings. The molecule has 0 saturated heterocycles. The maximum absolute atomic E-state index is 11.4. The van der Waals surface area contributed by atoms with E-state index < -0.39 is 15.4 Å². The van der Waals surface area contributed by atoms with Gasteiger partial charge in [0.05, 0.1) is 16.2 Å². The summed E-state index contributed by atoms with van der Waals surface area (Å²) in [5.74, 6) is 0. The van der Waals surface area contributed by atoms with Crippen molar-refractivity contribution >= 4 is 10.1 Å². The first-order valence-corrected chi connectivity index (χ1v) is 14.0. The first kappa shape index (κ1) is 33.0. The molecule has 0 aromatic heterocycles. The van der Waals surface area contributed by atoms with Gasteiger partial charge in [-0.25, -0.2) is 8.42 Å². The van der Waals surface area contributed by atoms with Crippen molar-refractivity contribution < 1.29 is 47.6 Å². The third-order valence-corrected chi connectivity index (χ3v) is 7.22. The fourth-order valence-corrected chi connectivity index (χ4v) is 4.90. The molecule has 0 heterocycles. The van der Waals surface area contributed by atoms with Gasteiger partial charge in [-0.05, 0) is 26.2 Å². The number of hydrogen-bond acceptors (Lipinski definition) is 4. The molecule has 0 saturated carbocycles. The van der Waals surface area contributed by atoms with Crippen LogP contribution in [0.25, 0.3) is 0 Å². The van der Waals surface area contributed by atoms with Crippen LogP contribution in [0.3, 0.4) is 0 Å². The van der Waals surface area contributed by atoms with Crippen LogP contribution in [-0.2, 0) is 10.1 Å². The van der Waals surface area contributed by atoms with Gasteiger partial charge in [0.2, 0.25) is 0 Å². The largest absolute Gasteiger partial charge is 1.00 e. The fourth-order valence-electron chi connectivity index (χ4n) is 3.99. The van der Waals surface area contributed by atoms with Crippen LogP contribution in [0, 0.1) is 0 Å². The molecule has 176 valence electrons. The average Bonchev–Trinajstić information content (AvgIpc) is 2.65. The summed E-state index contributed by atoms with van der Waals surface area (Å²) >= 11 is 0. The Balaban J connectivity index is 0. The maximum Gasteiger partial charge on any atom is 1.00 e. The average molecular weight is 457 g/mol. The first-order chi connectivity index (χ1) is 13.9. The minimum atomic E-state index is -4.14. The van der Waals surface area contributed by atoms with Gasteiger partial charge >= 0.3 is 29.6 Å². The monoisotopic (exact) mass is 456 g/mol. The predicted octanol–water partition coefficient (Wildman–Crippen LogP) is 4.11. The SMILES string of the molecule is CCCCCCC(CCCCCCCCCCCCCCCC(C)O)S(=O)(=O)[O-].[Na+]. The van der Waals surface area contributed by atoms with Crippen LogP contribution in [0.15, 0.2) is 0 Å². The number of aliphatic hydroxyl groups excluding tert-OH is 1. The quantitative estimate of drug-likeness (QED) is 0.151. The van der Waals surface area contributed by atoms with Gasteiger partial charge < -0.3 is 9.66 Å². The van der Waals surface area contributed by atoms with Crippen molar-refractivity contribution in [2.24, 2.45) is 0 Å². The molecular formula is C24H49NaO4S. The molecule has 0 aliphatic heterocycles. The van der Waals surface area contributed by atoms with Gasteiger partial charge in [-0.15, -0.1) is 0 Å². The van der Waals surface area contributed by atoms with Gasteiger partial charge in [0.15, 0.2) is 0 Å². The van der Waals surface area contributed by atoms with Crippen molar-refractivity contribution in [2.75, 3.05) is 0 Å². The topological polar surface area (TPSA) is 77.4 Å². The third kappa shape index (κ3) is 23.5. The van der Waals surface area contributed by atoms with E-state index in [1.165, 1.54) is 57.8 Å². The standard InChI is InChI=1S/C24H50O4S.Na/c1-3-4-5-18-21-24(29(26,27)28)22-19-16-14-12-10-8-6-7-9-11-13-15-17-20-23(2)25;/h23-25H,3-22H2,1-2H3,(H,26,27,28);/q;+1/p-1. The summed E-state index contributed by atoms with van der Waals surface area (Å²) in [7, 11) is -4.14. The fraction of sp³-hybridized carbons (Fsp3) is 1.00. The maximum atomic E-state index is 11.4. The molecule has 0 aromatic carbocycles. The Kier molecular flexibility index (Phi) is 25.4. The summed E-state index contributed by atoms with van der Waals surface area (Å²) < 4.78 is 34.3. The minimum Gasteiger partial charge on any atom is -0.748 e. The molecule has 0 aromatic rings. The molecule has 0 aliphatic carbocycles. The van der Waals surface area contributed by atoms with Crippen LogP contribution in [0.4, 0.5) is 0 Å². The van der Waals surface area contributed by atoms with E-state index in [2.05, 4.69) is 6.92 Å². The second kappa shape index (κ2) is 23.0. The van der Waals surface area contributed by atoms with E-state index >= 15 is 0 Å². The molecule has 0 radical (unpaired) electrons. The second-order valence-electron chi connectivity index (χ2n) is 8.99. The van der Waals surface area contributed by atoms with Crippen molar-refractivity contribution in [1.82, 2.24) is 0 Å². The molecule has 2 atom stereocenters. The molecule has 0 spiro atoms. The van der Waals surface area contributed by atoms with Gasteiger partial charge in [0.25, 0.3) is 0 Å². The zero-order valence-corrected chi connectivity index (χ0v) is 23.2. The van der Waals surface area contributed by atoms with Crippen LogP contribution >= 0.6 is 0 Å². The number of aliphatic hydroxyl groups is 1. The zero-order valence-electron chi connectivity index (χ0n) is 20.4. The zero-order chi connectivity index (χ0) is 21.8. The smallest absolute Gasteiger partial charge is 0.748 e. The number of unbranched alkanes of at least 4 members (excludes halogenated alkanes) is 15. The third-order valence-electron chi connectivity index (χ3n) is 5.94. The summed E-state index contributed by atoms with van der Waals surface area (Å²) in [6, 6.07) is 0. The first-order valence-electron chi connectivity index (χ1n) is 12.5. The van der Waals surface area contributed by atoms with E-state index in [4.69, 9.17) is 0 Å². The molecule has 2 unspecified atom stereocenters. The van der Waals surface area contributed by atoms with Crippen molar-refractivity contribution in [3.8, 4) is 0 Å². The van der Waals surface area contributed by atoms with Crippen LogP contribution in [-0.4, -0.2) is 29.4 Å². The van der Waals surface area contributed by atoms with Gasteiger partial charge in [-0.3, -0.25) is 0 Å². The van der Waals surface area contributed by atoms with Crippen molar-refractivity contribution in [3.05, 3.63) is 0 Å². The van der Waals surface area contributed by atoms with E-state index in [1.807, 2.05) is 6.92 Å². The van der Waals surface area contributed by atoms with Crippen LogP contribution in [0.1, 0.15) is 142 Å². The molecule has 0 bridgehead atoms. The minimum absolute atomic E-state index is 0. The Hall–Kier alpha value is 0.870. The molecule has 0 amide bonds. The molecule has 0 rings (SSSR count). The molecule has 4 nitrogen and oxygen atoms in total. The Labute approximate surface area is 210 Å². The summed E-state index contributed by atoms with van der Waals surface area (Å²) in [4.78, 5) is 0. The van der Waals surface area contributed by atoms with E-state index in [-0.39, 0.29) is 35.7 Å². The summed E-state index contributed by atoms with van der Waals surface area (Å²) in [6.45, 7) is 3.99. The van der Waals surface area contributed by atoms with Crippen molar-refractivity contribution in [3.63, 3.8) is 0 Å². The van der Waals surface area contributed by atoms with Gasteiger partial charge in [-0.2, -0.15) is 0 Å². The summed E-state index contributed by atoms with van der Waals surface area (Å²) in [5.41, 5.74) is 0. The van der Waals surface area contributed by atoms with E-state index in [9.17, 15) is 18.1 Å². The number of rotatable bonds is 22. The summed E-state index contributed by atoms with van der Waals surface area (Å²) in [6.07, 6.45) is 21.9.